The minimum atomic E-state index is -0.454. The quantitative estimate of drug-likeness (QED) is 0.930. The lowest BCUT2D eigenvalue weighted by atomic mass is 10.2. The SMILES string of the molecule is CN(C)c1ncccc1NC1CCN(C(=O)OC(C)(C)C)C1. The molecule has 0 aromatic carbocycles. The predicted octanol–water partition coefficient (Wildman–Crippen LogP) is 2.57. The number of ether oxygens (including phenoxy) is 1. The van der Waals surface area contributed by atoms with Crippen molar-refractivity contribution in [3.05, 3.63) is 18.3 Å². The van der Waals surface area contributed by atoms with Crippen LogP contribution in [0.15, 0.2) is 18.3 Å². The molecule has 1 N–H and O–H groups in total. The number of nitrogens with zero attached hydrogens (tertiary/aromatic N) is 3. The lowest BCUT2D eigenvalue weighted by Crippen LogP contribution is -2.36. The van der Waals surface area contributed by atoms with Crippen molar-refractivity contribution in [3.8, 4) is 0 Å². The summed E-state index contributed by atoms with van der Waals surface area (Å²) in [6, 6.07) is 4.14. The topological polar surface area (TPSA) is 57.7 Å². The monoisotopic (exact) mass is 306 g/mol. The number of pyridine rings is 1. The smallest absolute Gasteiger partial charge is 0.410 e. The lowest BCUT2D eigenvalue weighted by Gasteiger charge is -2.25. The number of amides is 1. The summed E-state index contributed by atoms with van der Waals surface area (Å²) in [5, 5.41) is 3.48. The molecule has 0 saturated carbocycles. The van der Waals surface area contributed by atoms with Gasteiger partial charge >= 0.3 is 6.09 Å². The van der Waals surface area contributed by atoms with Crippen LogP contribution in [0, 0.1) is 0 Å². The zero-order valence-electron chi connectivity index (χ0n) is 14.1. The van der Waals surface area contributed by atoms with Gasteiger partial charge in [0.15, 0.2) is 5.82 Å². The first-order valence-electron chi connectivity index (χ1n) is 7.63. The van der Waals surface area contributed by atoms with E-state index < -0.39 is 5.60 Å². The van der Waals surface area contributed by atoms with E-state index in [9.17, 15) is 4.79 Å². The molecule has 1 saturated heterocycles. The number of aromatic nitrogens is 1. The van der Waals surface area contributed by atoms with Crippen LogP contribution in [0.5, 0.6) is 0 Å². The molecular weight excluding hydrogens is 280 g/mol. The third-order valence-electron chi connectivity index (χ3n) is 3.41. The molecule has 1 aliphatic rings. The highest BCUT2D eigenvalue weighted by atomic mass is 16.6. The second kappa shape index (κ2) is 6.42. The van der Waals surface area contributed by atoms with Gasteiger partial charge in [-0.1, -0.05) is 0 Å². The van der Waals surface area contributed by atoms with Crippen molar-refractivity contribution in [1.29, 1.82) is 0 Å². The Bertz CT molecular complexity index is 525. The van der Waals surface area contributed by atoms with Crippen molar-refractivity contribution >= 4 is 17.6 Å². The fourth-order valence-electron chi connectivity index (χ4n) is 2.46. The second-order valence-electron chi connectivity index (χ2n) is 6.83. The normalized spacial score (nSPS) is 18.2. The van der Waals surface area contributed by atoms with Gasteiger partial charge in [-0.25, -0.2) is 9.78 Å². The van der Waals surface area contributed by atoms with Gasteiger partial charge in [0.05, 0.1) is 5.69 Å². The minimum absolute atomic E-state index is 0.218. The molecule has 1 aromatic heterocycles. The first-order chi connectivity index (χ1) is 10.3. The molecule has 6 nitrogen and oxygen atoms in total. The van der Waals surface area contributed by atoms with Crippen molar-refractivity contribution in [1.82, 2.24) is 9.88 Å². The Morgan fingerprint density at radius 3 is 2.82 bits per heavy atom. The first kappa shape index (κ1) is 16.4. The Morgan fingerprint density at radius 1 is 1.45 bits per heavy atom. The molecule has 1 atom stereocenters. The Kier molecular flexibility index (Phi) is 4.78. The average Bonchev–Trinajstić information content (AvgIpc) is 2.86. The minimum Gasteiger partial charge on any atom is -0.444 e. The van der Waals surface area contributed by atoms with E-state index in [1.54, 1.807) is 11.1 Å². The Morgan fingerprint density at radius 2 is 2.18 bits per heavy atom. The fraction of sp³-hybridized carbons (Fsp3) is 0.625. The van der Waals surface area contributed by atoms with Gasteiger partial charge in [0.1, 0.15) is 5.60 Å². The van der Waals surface area contributed by atoms with Gasteiger partial charge in [0.25, 0.3) is 0 Å². The Labute approximate surface area is 132 Å². The fourth-order valence-corrected chi connectivity index (χ4v) is 2.46. The standard InChI is InChI=1S/C16H26N4O2/c1-16(2,3)22-15(21)20-10-8-12(11-20)18-13-7-6-9-17-14(13)19(4)5/h6-7,9,12,18H,8,10-11H2,1-5H3. The maximum Gasteiger partial charge on any atom is 0.410 e. The maximum atomic E-state index is 12.1. The van der Waals surface area contributed by atoms with Crippen molar-refractivity contribution in [2.24, 2.45) is 0 Å². The van der Waals surface area contributed by atoms with E-state index in [-0.39, 0.29) is 12.1 Å². The predicted molar refractivity (Wildman–Crippen MR) is 88.4 cm³/mol. The van der Waals surface area contributed by atoms with Crippen LogP contribution in [-0.2, 0) is 4.74 Å². The molecule has 2 rings (SSSR count). The Hall–Kier alpha value is -1.98. The van der Waals surface area contributed by atoms with Crippen LogP contribution in [-0.4, -0.2) is 54.8 Å². The van der Waals surface area contributed by atoms with E-state index in [1.165, 1.54) is 0 Å². The molecule has 1 aliphatic heterocycles. The maximum absolute atomic E-state index is 12.1. The van der Waals surface area contributed by atoms with E-state index >= 15 is 0 Å². The van der Waals surface area contributed by atoms with Crippen LogP contribution in [0.4, 0.5) is 16.3 Å². The van der Waals surface area contributed by atoms with Crippen LogP contribution in [0.3, 0.4) is 0 Å². The molecule has 1 fully saturated rings. The summed E-state index contributed by atoms with van der Waals surface area (Å²) in [5.74, 6) is 0.901. The van der Waals surface area contributed by atoms with Crippen LogP contribution in [0.1, 0.15) is 27.2 Å². The molecule has 2 heterocycles. The molecule has 0 spiro atoms. The van der Waals surface area contributed by atoms with Crippen molar-refractivity contribution < 1.29 is 9.53 Å². The summed E-state index contributed by atoms with van der Waals surface area (Å²) in [6.07, 6.45) is 2.44. The molecule has 1 aromatic rings. The molecule has 0 bridgehead atoms. The van der Waals surface area contributed by atoms with E-state index in [0.717, 1.165) is 17.9 Å². The van der Waals surface area contributed by atoms with Gasteiger partial charge in [0, 0.05) is 39.4 Å². The summed E-state index contributed by atoms with van der Waals surface area (Å²) < 4.78 is 5.42. The summed E-state index contributed by atoms with van der Waals surface area (Å²) >= 11 is 0. The summed E-state index contributed by atoms with van der Waals surface area (Å²) in [7, 11) is 3.93. The lowest BCUT2D eigenvalue weighted by molar-refractivity contribution is 0.0293. The molecule has 6 heteroatoms. The van der Waals surface area contributed by atoms with Gasteiger partial charge in [-0.15, -0.1) is 0 Å². The highest BCUT2D eigenvalue weighted by molar-refractivity contribution is 5.69. The highest BCUT2D eigenvalue weighted by Gasteiger charge is 2.30. The van der Waals surface area contributed by atoms with E-state index in [4.69, 9.17) is 4.74 Å². The van der Waals surface area contributed by atoms with Gasteiger partial charge in [0.2, 0.25) is 0 Å². The van der Waals surface area contributed by atoms with Crippen molar-refractivity contribution in [2.75, 3.05) is 37.4 Å². The van der Waals surface area contributed by atoms with Gasteiger partial charge in [-0.05, 0) is 39.3 Å². The van der Waals surface area contributed by atoms with Gasteiger partial charge in [-0.3, -0.25) is 0 Å². The number of rotatable bonds is 3. The van der Waals surface area contributed by atoms with Crippen LogP contribution in [0.2, 0.25) is 0 Å². The summed E-state index contributed by atoms with van der Waals surface area (Å²) in [4.78, 5) is 20.2. The molecule has 0 aliphatic carbocycles. The third-order valence-corrected chi connectivity index (χ3v) is 3.41. The number of carbonyl (C=O) groups excluding carboxylic acids is 1. The number of nitrogens with one attached hydrogen (secondary N) is 1. The van der Waals surface area contributed by atoms with Gasteiger partial charge in [-0.2, -0.15) is 0 Å². The molecule has 122 valence electrons. The molecule has 1 amide bonds. The third kappa shape index (κ3) is 4.26. The molecule has 0 radical (unpaired) electrons. The van der Waals surface area contributed by atoms with Gasteiger partial charge < -0.3 is 19.9 Å². The number of anilines is 2. The zero-order chi connectivity index (χ0) is 16.3. The van der Waals surface area contributed by atoms with Crippen molar-refractivity contribution in [3.63, 3.8) is 0 Å². The first-order valence-corrected chi connectivity index (χ1v) is 7.63. The molecular formula is C16H26N4O2. The second-order valence-corrected chi connectivity index (χ2v) is 6.83. The largest absolute Gasteiger partial charge is 0.444 e. The average molecular weight is 306 g/mol. The number of carbonyl (C=O) groups is 1. The molecule has 1 unspecified atom stereocenters. The van der Waals surface area contributed by atoms with Crippen LogP contribution < -0.4 is 10.2 Å². The highest BCUT2D eigenvalue weighted by Crippen LogP contribution is 2.24. The van der Waals surface area contributed by atoms with E-state index in [2.05, 4.69) is 10.3 Å². The van der Waals surface area contributed by atoms with Crippen LogP contribution >= 0.6 is 0 Å². The molecule has 22 heavy (non-hydrogen) atoms. The van der Waals surface area contributed by atoms with E-state index in [1.807, 2.05) is 51.9 Å². The van der Waals surface area contributed by atoms with E-state index in [0.29, 0.717) is 13.1 Å². The number of hydrogen-bond donors (Lipinski definition) is 1. The number of hydrogen-bond acceptors (Lipinski definition) is 5. The summed E-state index contributed by atoms with van der Waals surface area (Å²) in [5.41, 5.74) is 0.535. The Balaban J connectivity index is 1.96. The summed E-state index contributed by atoms with van der Waals surface area (Å²) in [6.45, 7) is 7.02. The zero-order valence-corrected chi connectivity index (χ0v) is 14.1. The number of likely N-dealkylation sites (tertiary alicyclic amines) is 1. The van der Waals surface area contributed by atoms with Crippen molar-refractivity contribution in [2.45, 2.75) is 38.8 Å². The van der Waals surface area contributed by atoms with Crippen LogP contribution in [0.25, 0.3) is 0 Å².